The number of hydrogen-bond acceptors (Lipinski definition) is 4. The van der Waals surface area contributed by atoms with Crippen molar-refractivity contribution in [3.8, 4) is 5.75 Å². The standard InChI is InChI=1S/C17H24F3N3O3/c1-5-8-26-14-7-6-12(17(18,19)20)9-13(14)22-11(4)15(24)23-16(25)21-10(2)3/h6-7,9-11,22H,5,8H2,1-4H3,(H2,21,23,24,25). The molecule has 0 aromatic heterocycles. The van der Waals surface area contributed by atoms with Crippen LogP contribution in [0.4, 0.5) is 23.7 Å². The number of alkyl halides is 3. The predicted octanol–water partition coefficient (Wildman–Crippen LogP) is 3.53. The van der Waals surface area contributed by atoms with E-state index in [2.05, 4.69) is 16.0 Å². The van der Waals surface area contributed by atoms with Crippen LogP contribution in [-0.2, 0) is 11.0 Å². The summed E-state index contributed by atoms with van der Waals surface area (Å²) in [5, 5.41) is 7.29. The molecule has 26 heavy (non-hydrogen) atoms. The van der Waals surface area contributed by atoms with E-state index in [1.54, 1.807) is 13.8 Å². The van der Waals surface area contributed by atoms with E-state index in [-0.39, 0.29) is 17.5 Å². The second-order valence-corrected chi connectivity index (χ2v) is 6.04. The summed E-state index contributed by atoms with van der Waals surface area (Å²) in [6, 6.07) is 1.20. The highest BCUT2D eigenvalue weighted by atomic mass is 19.4. The van der Waals surface area contributed by atoms with E-state index >= 15 is 0 Å². The van der Waals surface area contributed by atoms with Gasteiger partial charge in [-0.1, -0.05) is 6.92 Å². The maximum Gasteiger partial charge on any atom is 0.416 e. The number of imide groups is 1. The zero-order chi connectivity index (χ0) is 19.9. The third kappa shape index (κ3) is 6.81. The number of rotatable bonds is 7. The Hall–Kier alpha value is -2.45. The zero-order valence-corrected chi connectivity index (χ0v) is 15.2. The van der Waals surface area contributed by atoms with Crippen LogP contribution < -0.4 is 20.7 Å². The molecule has 0 aliphatic carbocycles. The van der Waals surface area contributed by atoms with Crippen LogP contribution in [0.2, 0.25) is 0 Å². The minimum Gasteiger partial charge on any atom is -0.491 e. The number of carbonyl (C=O) groups is 2. The molecule has 146 valence electrons. The van der Waals surface area contributed by atoms with Gasteiger partial charge in [-0.3, -0.25) is 10.1 Å². The Balaban J connectivity index is 2.93. The third-order valence-corrected chi connectivity index (χ3v) is 3.19. The van der Waals surface area contributed by atoms with E-state index in [1.165, 1.54) is 13.0 Å². The molecule has 0 bridgehead atoms. The smallest absolute Gasteiger partial charge is 0.416 e. The molecule has 0 fully saturated rings. The van der Waals surface area contributed by atoms with Crippen LogP contribution in [0, 0.1) is 0 Å². The second kappa shape index (κ2) is 9.30. The van der Waals surface area contributed by atoms with Gasteiger partial charge in [0.15, 0.2) is 0 Å². The molecule has 1 rings (SSSR count). The summed E-state index contributed by atoms with van der Waals surface area (Å²) in [5.74, 6) is -0.479. The number of ether oxygens (including phenoxy) is 1. The SMILES string of the molecule is CCCOc1ccc(C(F)(F)F)cc1NC(C)C(=O)NC(=O)NC(C)C. The Morgan fingerprint density at radius 1 is 1.19 bits per heavy atom. The summed E-state index contributed by atoms with van der Waals surface area (Å²) in [6.45, 7) is 7.07. The van der Waals surface area contributed by atoms with Crippen molar-refractivity contribution >= 4 is 17.6 Å². The van der Waals surface area contributed by atoms with Crippen LogP contribution in [0.3, 0.4) is 0 Å². The molecule has 1 aromatic rings. The van der Waals surface area contributed by atoms with Crippen molar-refractivity contribution < 1.29 is 27.5 Å². The van der Waals surface area contributed by atoms with E-state index in [0.29, 0.717) is 13.0 Å². The molecule has 1 atom stereocenters. The second-order valence-electron chi connectivity index (χ2n) is 6.04. The van der Waals surface area contributed by atoms with Gasteiger partial charge >= 0.3 is 12.2 Å². The van der Waals surface area contributed by atoms with Gasteiger partial charge in [-0.15, -0.1) is 0 Å². The molecule has 0 spiro atoms. The van der Waals surface area contributed by atoms with Crippen molar-refractivity contribution in [3.63, 3.8) is 0 Å². The molecule has 3 amide bonds. The van der Waals surface area contributed by atoms with Crippen LogP contribution in [0.25, 0.3) is 0 Å². The quantitative estimate of drug-likeness (QED) is 0.681. The highest BCUT2D eigenvalue weighted by molar-refractivity contribution is 5.98. The highest BCUT2D eigenvalue weighted by Gasteiger charge is 2.31. The lowest BCUT2D eigenvalue weighted by Crippen LogP contribution is -2.47. The van der Waals surface area contributed by atoms with Gasteiger partial charge < -0.3 is 15.4 Å². The van der Waals surface area contributed by atoms with Crippen molar-refractivity contribution in [2.45, 2.75) is 52.4 Å². The van der Waals surface area contributed by atoms with E-state index in [0.717, 1.165) is 12.1 Å². The molecule has 0 saturated carbocycles. The molecule has 6 nitrogen and oxygen atoms in total. The number of carbonyl (C=O) groups excluding carboxylic acids is 2. The highest BCUT2D eigenvalue weighted by Crippen LogP contribution is 2.35. The van der Waals surface area contributed by atoms with Gasteiger partial charge in [0.05, 0.1) is 17.9 Å². The van der Waals surface area contributed by atoms with Gasteiger partial charge in [0.1, 0.15) is 11.8 Å². The number of urea groups is 1. The summed E-state index contributed by atoms with van der Waals surface area (Å²) in [6.07, 6.45) is -3.85. The number of nitrogens with one attached hydrogen (secondary N) is 3. The fourth-order valence-corrected chi connectivity index (χ4v) is 1.97. The van der Waals surface area contributed by atoms with Crippen molar-refractivity contribution in [1.82, 2.24) is 10.6 Å². The van der Waals surface area contributed by atoms with Crippen molar-refractivity contribution in [2.24, 2.45) is 0 Å². The lowest BCUT2D eigenvalue weighted by atomic mass is 10.1. The van der Waals surface area contributed by atoms with E-state index < -0.39 is 29.7 Å². The van der Waals surface area contributed by atoms with Crippen molar-refractivity contribution in [1.29, 1.82) is 0 Å². The van der Waals surface area contributed by atoms with Crippen LogP contribution >= 0.6 is 0 Å². The summed E-state index contributed by atoms with van der Waals surface area (Å²) in [7, 11) is 0. The predicted molar refractivity (Wildman–Crippen MR) is 92.1 cm³/mol. The Kier molecular flexibility index (Phi) is 7.73. The molecule has 0 aliphatic heterocycles. The molecular weight excluding hydrogens is 351 g/mol. The topological polar surface area (TPSA) is 79.5 Å². The molecular formula is C17H24F3N3O3. The molecule has 0 aliphatic rings. The number of amides is 3. The van der Waals surface area contributed by atoms with E-state index in [1.807, 2.05) is 6.92 Å². The first-order valence-electron chi connectivity index (χ1n) is 8.26. The average Bonchev–Trinajstić information content (AvgIpc) is 2.51. The summed E-state index contributed by atoms with van der Waals surface area (Å²) in [5.41, 5.74) is -0.839. The molecule has 0 heterocycles. The van der Waals surface area contributed by atoms with Crippen LogP contribution in [0.5, 0.6) is 5.75 Å². The van der Waals surface area contributed by atoms with E-state index in [9.17, 15) is 22.8 Å². The zero-order valence-electron chi connectivity index (χ0n) is 15.2. The van der Waals surface area contributed by atoms with Gasteiger partial charge in [0.2, 0.25) is 5.91 Å². The fraction of sp³-hybridized carbons (Fsp3) is 0.529. The van der Waals surface area contributed by atoms with Crippen LogP contribution in [0.1, 0.15) is 39.7 Å². The Morgan fingerprint density at radius 3 is 2.38 bits per heavy atom. The average molecular weight is 375 g/mol. The first kappa shape index (κ1) is 21.6. The first-order chi connectivity index (χ1) is 12.0. The Morgan fingerprint density at radius 2 is 1.85 bits per heavy atom. The number of hydrogen-bond donors (Lipinski definition) is 3. The molecule has 3 N–H and O–H groups in total. The lowest BCUT2D eigenvalue weighted by molar-refractivity contribution is -0.137. The number of benzene rings is 1. The first-order valence-corrected chi connectivity index (χ1v) is 8.26. The lowest BCUT2D eigenvalue weighted by Gasteiger charge is -2.19. The number of halogens is 3. The van der Waals surface area contributed by atoms with Gasteiger partial charge in [0, 0.05) is 6.04 Å². The Labute approximate surface area is 150 Å². The maximum atomic E-state index is 12.9. The minimum absolute atomic E-state index is 0.0280. The fourth-order valence-electron chi connectivity index (χ4n) is 1.97. The molecule has 1 aromatic carbocycles. The molecule has 1 unspecified atom stereocenters. The summed E-state index contributed by atoms with van der Waals surface area (Å²) < 4.78 is 44.2. The maximum absolute atomic E-state index is 12.9. The van der Waals surface area contributed by atoms with Gasteiger partial charge in [-0.05, 0) is 45.4 Å². The largest absolute Gasteiger partial charge is 0.491 e. The molecule has 0 radical (unpaired) electrons. The third-order valence-electron chi connectivity index (χ3n) is 3.19. The normalized spacial score (nSPS) is 12.5. The van der Waals surface area contributed by atoms with Crippen molar-refractivity contribution in [3.05, 3.63) is 23.8 Å². The van der Waals surface area contributed by atoms with Gasteiger partial charge in [-0.25, -0.2) is 4.79 Å². The molecule has 0 saturated heterocycles. The summed E-state index contributed by atoms with van der Waals surface area (Å²) >= 11 is 0. The van der Waals surface area contributed by atoms with Gasteiger partial charge in [-0.2, -0.15) is 13.2 Å². The molecule has 9 heteroatoms. The van der Waals surface area contributed by atoms with Gasteiger partial charge in [0.25, 0.3) is 0 Å². The van der Waals surface area contributed by atoms with Crippen molar-refractivity contribution in [2.75, 3.05) is 11.9 Å². The van der Waals surface area contributed by atoms with Crippen LogP contribution in [-0.4, -0.2) is 30.6 Å². The monoisotopic (exact) mass is 375 g/mol. The summed E-state index contributed by atoms with van der Waals surface area (Å²) in [4.78, 5) is 23.6. The number of anilines is 1. The van der Waals surface area contributed by atoms with E-state index in [4.69, 9.17) is 4.74 Å². The Bertz CT molecular complexity index is 633. The van der Waals surface area contributed by atoms with Crippen LogP contribution in [0.15, 0.2) is 18.2 Å². The minimum atomic E-state index is -4.53.